The van der Waals surface area contributed by atoms with E-state index < -0.39 is 29.4 Å². The largest absolute Gasteiger partial charge is 0.466 e. The third-order valence-corrected chi connectivity index (χ3v) is 5.72. The van der Waals surface area contributed by atoms with Gasteiger partial charge in [0.2, 0.25) is 11.8 Å². The molecule has 11 heteroatoms. The maximum absolute atomic E-state index is 13.1. The van der Waals surface area contributed by atoms with Crippen LogP contribution in [0.2, 0.25) is 0 Å². The molecule has 1 atom stereocenters. The van der Waals surface area contributed by atoms with Crippen molar-refractivity contribution in [1.29, 1.82) is 0 Å². The van der Waals surface area contributed by atoms with E-state index in [1.165, 1.54) is 48.5 Å². The molecule has 0 saturated carbocycles. The first-order chi connectivity index (χ1) is 18.3. The molecule has 2 N–H and O–H groups in total. The van der Waals surface area contributed by atoms with E-state index >= 15 is 0 Å². The summed E-state index contributed by atoms with van der Waals surface area (Å²) >= 11 is 0. The van der Waals surface area contributed by atoms with Crippen molar-refractivity contribution < 1.29 is 23.9 Å². The number of nitrogens with one attached hydrogen (secondary N) is 2. The Kier molecular flexibility index (Phi) is 12.4. The number of hydrogen-bond acceptors (Lipinski definition) is 7. The molecule has 0 aromatic carbocycles. The Morgan fingerprint density at radius 3 is 2.63 bits per heavy atom. The van der Waals surface area contributed by atoms with E-state index in [4.69, 9.17) is 0 Å². The lowest BCUT2D eigenvalue weighted by Crippen LogP contribution is -2.44. The maximum Gasteiger partial charge on any atom is 0.330 e. The Labute approximate surface area is 221 Å². The second kappa shape index (κ2) is 15.7. The van der Waals surface area contributed by atoms with Gasteiger partial charge in [0, 0.05) is 37.8 Å². The highest BCUT2D eigenvalue weighted by Crippen LogP contribution is 2.07. The molecule has 0 bridgehead atoms. The summed E-state index contributed by atoms with van der Waals surface area (Å²) in [7, 11) is 1.25. The summed E-state index contributed by atoms with van der Waals surface area (Å²) < 4.78 is 5.80. The molecule has 0 aliphatic rings. The van der Waals surface area contributed by atoms with Gasteiger partial charge < -0.3 is 24.8 Å². The van der Waals surface area contributed by atoms with E-state index in [0.29, 0.717) is 13.1 Å². The number of rotatable bonds is 14. The topological polar surface area (TPSA) is 140 Å². The predicted molar refractivity (Wildman–Crippen MR) is 142 cm³/mol. The minimum absolute atomic E-state index is 0.0207. The first-order valence-corrected chi connectivity index (χ1v) is 12.5. The fourth-order valence-corrected chi connectivity index (χ4v) is 3.55. The van der Waals surface area contributed by atoms with Crippen LogP contribution in [0.5, 0.6) is 0 Å². The molecular formula is C27H35N5O6. The fourth-order valence-electron chi connectivity index (χ4n) is 3.55. The number of amides is 3. The Morgan fingerprint density at radius 2 is 1.97 bits per heavy atom. The zero-order valence-electron chi connectivity index (χ0n) is 22.0. The summed E-state index contributed by atoms with van der Waals surface area (Å²) in [6.45, 7) is 4.91. The lowest BCUT2D eigenvalue weighted by atomic mass is 10.1. The Hall–Kier alpha value is -4.28. The smallest absolute Gasteiger partial charge is 0.330 e. The summed E-state index contributed by atoms with van der Waals surface area (Å²) in [5, 5.41) is 5.23. The molecule has 2 aromatic rings. The lowest BCUT2D eigenvalue weighted by molar-refractivity contribution is -0.135. The Morgan fingerprint density at radius 1 is 1.18 bits per heavy atom. The summed E-state index contributed by atoms with van der Waals surface area (Å²) in [4.78, 5) is 68.5. The normalized spacial score (nSPS) is 11.6. The molecule has 2 aromatic heterocycles. The van der Waals surface area contributed by atoms with Crippen LogP contribution in [0.4, 0.5) is 5.69 Å². The number of likely N-dealkylation sites (N-methyl/N-ethyl adjacent to an activating group) is 1. The number of carbonyl (C=O) groups is 4. The number of esters is 1. The molecule has 2 heterocycles. The van der Waals surface area contributed by atoms with Gasteiger partial charge in [0.25, 0.3) is 11.5 Å². The van der Waals surface area contributed by atoms with Gasteiger partial charge in [-0.25, -0.2) is 4.79 Å². The molecule has 11 nitrogen and oxygen atoms in total. The average Bonchev–Trinajstić information content (AvgIpc) is 2.93. The average molecular weight is 526 g/mol. The maximum atomic E-state index is 13.1. The van der Waals surface area contributed by atoms with E-state index in [-0.39, 0.29) is 36.5 Å². The van der Waals surface area contributed by atoms with Crippen LogP contribution in [0, 0.1) is 0 Å². The van der Waals surface area contributed by atoms with Crippen LogP contribution in [0.15, 0.2) is 59.8 Å². The molecule has 2 rings (SSSR count). The highest BCUT2D eigenvalue weighted by Gasteiger charge is 2.22. The van der Waals surface area contributed by atoms with Gasteiger partial charge in [-0.05, 0) is 50.5 Å². The van der Waals surface area contributed by atoms with Crippen molar-refractivity contribution in [2.24, 2.45) is 0 Å². The highest BCUT2D eigenvalue weighted by atomic mass is 16.5. The first kappa shape index (κ1) is 29.9. The van der Waals surface area contributed by atoms with Gasteiger partial charge in [-0.2, -0.15) is 0 Å². The number of anilines is 1. The first-order valence-electron chi connectivity index (χ1n) is 12.5. The number of allylic oxidation sites excluding steroid dienone is 1. The van der Waals surface area contributed by atoms with Crippen molar-refractivity contribution >= 4 is 29.4 Å². The van der Waals surface area contributed by atoms with Gasteiger partial charge >= 0.3 is 5.97 Å². The SMILES string of the molecule is CCCCN(CC)C(=O)Cn1cccc(NC(=O)C(CCC=CC(=O)OC)NC(=O)c2cccnc2)c1=O. The highest BCUT2D eigenvalue weighted by molar-refractivity contribution is 6.01. The van der Waals surface area contributed by atoms with Crippen molar-refractivity contribution in [3.63, 3.8) is 0 Å². The van der Waals surface area contributed by atoms with E-state index in [0.717, 1.165) is 12.8 Å². The monoisotopic (exact) mass is 525 g/mol. The number of carbonyl (C=O) groups excluding carboxylic acids is 4. The molecule has 0 radical (unpaired) electrons. The van der Waals surface area contributed by atoms with E-state index in [1.807, 2.05) is 13.8 Å². The van der Waals surface area contributed by atoms with Crippen molar-refractivity contribution in [3.8, 4) is 0 Å². The number of ether oxygens (including phenoxy) is 1. The zero-order chi connectivity index (χ0) is 27.9. The van der Waals surface area contributed by atoms with Gasteiger partial charge in [-0.15, -0.1) is 0 Å². The third-order valence-electron chi connectivity index (χ3n) is 5.72. The minimum Gasteiger partial charge on any atom is -0.466 e. The van der Waals surface area contributed by atoms with E-state index in [9.17, 15) is 24.0 Å². The van der Waals surface area contributed by atoms with Crippen LogP contribution < -0.4 is 16.2 Å². The van der Waals surface area contributed by atoms with Crippen LogP contribution in [0.1, 0.15) is 49.9 Å². The second-order valence-electron chi connectivity index (χ2n) is 8.44. The van der Waals surface area contributed by atoms with Gasteiger partial charge in [0.05, 0.1) is 12.7 Å². The van der Waals surface area contributed by atoms with Crippen LogP contribution in [-0.2, 0) is 25.7 Å². The van der Waals surface area contributed by atoms with Gasteiger partial charge in [0.15, 0.2) is 0 Å². The second-order valence-corrected chi connectivity index (χ2v) is 8.44. The van der Waals surface area contributed by atoms with Crippen molar-refractivity contribution in [3.05, 3.63) is 70.9 Å². The van der Waals surface area contributed by atoms with Crippen molar-refractivity contribution in [2.75, 3.05) is 25.5 Å². The summed E-state index contributed by atoms with van der Waals surface area (Å²) in [5.74, 6) is -1.86. The van der Waals surface area contributed by atoms with Crippen LogP contribution in [0.25, 0.3) is 0 Å². The predicted octanol–water partition coefficient (Wildman–Crippen LogP) is 2.14. The van der Waals surface area contributed by atoms with Crippen LogP contribution in [-0.4, -0.2) is 64.4 Å². The number of unbranched alkanes of at least 4 members (excludes halogenated alkanes) is 1. The third kappa shape index (κ3) is 9.30. The van der Waals surface area contributed by atoms with E-state index in [2.05, 4.69) is 20.4 Å². The number of pyridine rings is 2. The minimum atomic E-state index is -1.02. The standard InChI is InChI=1S/C27H35N5O6/c1-4-6-16-31(5-2)23(33)19-32-17-10-13-22(27(32)37)30-26(36)21(12-7-8-14-24(34)38-3)29-25(35)20-11-9-15-28-18-20/h8-11,13-15,17-18,21H,4-7,12,16,19H2,1-3H3,(H,29,35)(H,30,36). The molecule has 38 heavy (non-hydrogen) atoms. The number of hydrogen-bond donors (Lipinski definition) is 2. The van der Waals surface area contributed by atoms with Gasteiger partial charge in [-0.3, -0.25) is 24.2 Å². The molecule has 204 valence electrons. The Bertz CT molecular complexity index is 1180. The number of methoxy groups -OCH3 is 1. The van der Waals surface area contributed by atoms with Gasteiger partial charge in [0.1, 0.15) is 18.3 Å². The Balaban J connectivity index is 2.18. The molecule has 0 aliphatic carbocycles. The summed E-state index contributed by atoms with van der Waals surface area (Å²) in [5.41, 5.74) is -0.296. The molecule has 0 aliphatic heterocycles. The van der Waals surface area contributed by atoms with Crippen LogP contribution in [0.3, 0.4) is 0 Å². The number of nitrogens with zero attached hydrogens (tertiary/aromatic N) is 3. The van der Waals surface area contributed by atoms with Gasteiger partial charge in [-0.1, -0.05) is 19.4 Å². The molecule has 0 saturated heterocycles. The molecule has 3 amide bonds. The van der Waals surface area contributed by atoms with Crippen molar-refractivity contribution in [2.45, 2.75) is 52.1 Å². The molecule has 1 unspecified atom stereocenters. The van der Waals surface area contributed by atoms with Crippen molar-refractivity contribution in [1.82, 2.24) is 19.8 Å². The summed E-state index contributed by atoms with van der Waals surface area (Å²) in [6, 6.07) is 5.13. The molecule has 0 fully saturated rings. The lowest BCUT2D eigenvalue weighted by Gasteiger charge is -2.21. The fraction of sp³-hybridized carbons (Fsp3) is 0.407. The van der Waals surface area contributed by atoms with Crippen LogP contribution >= 0.6 is 0 Å². The molecular weight excluding hydrogens is 490 g/mol. The number of aromatic nitrogens is 2. The molecule has 0 spiro atoms. The summed E-state index contributed by atoms with van der Waals surface area (Å²) in [6.07, 6.45) is 9.37. The van der Waals surface area contributed by atoms with E-state index in [1.54, 1.807) is 23.1 Å². The zero-order valence-corrected chi connectivity index (χ0v) is 22.0. The quantitative estimate of drug-likeness (QED) is 0.284.